The Morgan fingerprint density at radius 3 is 2.62 bits per heavy atom. The fraction of sp³-hybridized carbons (Fsp3) is 0.444. The van der Waals surface area contributed by atoms with E-state index in [1.807, 2.05) is 11.8 Å². The lowest BCUT2D eigenvalue weighted by Crippen LogP contribution is -2.46. The summed E-state index contributed by atoms with van der Waals surface area (Å²) in [5.41, 5.74) is 8.47. The van der Waals surface area contributed by atoms with Crippen molar-refractivity contribution >= 4 is 23.5 Å². The molecular formula is C18H23N5S. The average molecular weight is 341 g/mol. The summed E-state index contributed by atoms with van der Waals surface area (Å²) in [5, 5.41) is 0. The number of nitrogen functional groups attached to an aromatic ring is 1. The Bertz CT molecular complexity index is 698. The van der Waals surface area contributed by atoms with E-state index in [0.29, 0.717) is 5.95 Å². The highest BCUT2D eigenvalue weighted by Crippen LogP contribution is 2.36. The molecule has 0 amide bonds. The van der Waals surface area contributed by atoms with Crippen LogP contribution in [-0.2, 0) is 13.0 Å². The summed E-state index contributed by atoms with van der Waals surface area (Å²) in [5.74, 6) is 2.63. The van der Waals surface area contributed by atoms with Gasteiger partial charge in [0, 0.05) is 32.7 Å². The van der Waals surface area contributed by atoms with Gasteiger partial charge in [0.05, 0.1) is 10.6 Å². The number of nitrogens with zero attached hydrogens (tertiary/aromatic N) is 4. The number of fused-ring (bicyclic) bond motifs is 1. The van der Waals surface area contributed by atoms with E-state index in [2.05, 4.69) is 50.1 Å². The first-order valence-corrected chi connectivity index (χ1v) is 9.58. The monoisotopic (exact) mass is 341 g/mol. The number of piperazine rings is 1. The third-order valence-corrected chi connectivity index (χ3v) is 5.86. The van der Waals surface area contributed by atoms with Crippen molar-refractivity contribution in [1.29, 1.82) is 0 Å². The number of anilines is 2. The lowest BCUT2D eigenvalue weighted by Gasteiger charge is -2.36. The molecule has 1 fully saturated rings. The zero-order valence-electron chi connectivity index (χ0n) is 13.8. The molecule has 1 aromatic carbocycles. The quantitative estimate of drug-likeness (QED) is 0.925. The molecule has 2 aliphatic heterocycles. The molecule has 2 aliphatic rings. The normalized spacial score (nSPS) is 18.4. The van der Waals surface area contributed by atoms with E-state index >= 15 is 0 Å². The Labute approximate surface area is 147 Å². The molecule has 2 N–H and O–H groups in total. The Morgan fingerprint density at radius 2 is 1.83 bits per heavy atom. The summed E-state index contributed by atoms with van der Waals surface area (Å²) in [6.07, 6.45) is 2.20. The number of rotatable bonds is 3. The molecule has 4 rings (SSSR count). The maximum Gasteiger partial charge on any atom is 0.222 e. The molecular weight excluding hydrogens is 318 g/mol. The van der Waals surface area contributed by atoms with Gasteiger partial charge in [0.2, 0.25) is 5.95 Å². The smallest absolute Gasteiger partial charge is 0.222 e. The lowest BCUT2D eigenvalue weighted by molar-refractivity contribution is 0.249. The van der Waals surface area contributed by atoms with Crippen LogP contribution in [0.4, 0.5) is 11.8 Å². The van der Waals surface area contributed by atoms with Crippen molar-refractivity contribution in [2.24, 2.45) is 0 Å². The van der Waals surface area contributed by atoms with E-state index in [4.69, 9.17) is 5.73 Å². The Morgan fingerprint density at radius 1 is 1.04 bits per heavy atom. The molecule has 6 heteroatoms. The predicted molar refractivity (Wildman–Crippen MR) is 99.4 cm³/mol. The SMILES string of the molecule is Nc1nc2c(c(N3CCN(Cc4ccccc4)CC3)n1)SCCC2. The minimum atomic E-state index is 0.415. The molecule has 0 atom stereocenters. The number of nitrogens with two attached hydrogens (primary N) is 1. The molecule has 24 heavy (non-hydrogen) atoms. The Balaban J connectivity index is 1.45. The van der Waals surface area contributed by atoms with Gasteiger partial charge in [-0.15, -0.1) is 11.8 Å². The Hall–Kier alpha value is -1.79. The van der Waals surface area contributed by atoms with Crippen LogP contribution in [0.1, 0.15) is 17.7 Å². The maximum atomic E-state index is 5.95. The number of hydrogen-bond acceptors (Lipinski definition) is 6. The molecule has 0 unspecified atom stereocenters. The molecule has 0 aliphatic carbocycles. The largest absolute Gasteiger partial charge is 0.368 e. The van der Waals surface area contributed by atoms with Crippen LogP contribution >= 0.6 is 11.8 Å². The summed E-state index contributed by atoms with van der Waals surface area (Å²) in [6.45, 7) is 5.12. The number of benzene rings is 1. The van der Waals surface area contributed by atoms with Gasteiger partial charge in [-0.2, -0.15) is 4.98 Å². The van der Waals surface area contributed by atoms with Gasteiger partial charge in [0.25, 0.3) is 0 Å². The van der Waals surface area contributed by atoms with E-state index in [1.54, 1.807) is 0 Å². The summed E-state index contributed by atoms with van der Waals surface area (Å²) >= 11 is 1.89. The van der Waals surface area contributed by atoms with Crippen molar-refractivity contribution in [2.45, 2.75) is 24.3 Å². The number of aryl methyl sites for hydroxylation is 1. The molecule has 1 aromatic heterocycles. The van der Waals surface area contributed by atoms with Crippen molar-refractivity contribution in [3.05, 3.63) is 41.6 Å². The summed E-state index contributed by atoms with van der Waals surface area (Å²) in [4.78, 5) is 15.2. The van der Waals surface area contributed by atoms with E-state index in [-0.39, 0.29) is 0 Å². The van der Waals surface area contributed by atoms with E-state index in [1.165, 1.54) is 16.9 Å². The molecule has 3 heterocycles. The van der Waals surface area contributed by atoms with Crippen LogP contribution < -0.4 is 10.6 Å². The van der Waals surface area contributed by atoms with Crippen LogP contribution in [0.5, 0.6) is 0 Å². The lowest BCUT2D eigenvalue weighted by atomic mass is 10.2. The summed E-state index contributed by atoms with van der Waals surface area (Å²) in [7, 11) is 0. The number of thioether (sulfide) groups is 1. The topological polar surface area (TPSA) is 58.3 Å². The van der Waals surface area contributed by atoms with Crippen molar-refractivity contribution in [1.82, 2.24) is 14.9 Å². The van der Waals surface area contributed by atoms with Crippen molar-refractivity contribution in [3.63, 3.8) is 0 Å². The van der Waals surface area contributed by atoms with Gasteiger partial charge in [0.15, 0.2) is 0 Å². The molecule has 0 radical (unpaired) electrons. The maximum absolute atomic E-state index is 5.95. The highest BCUT2D eigenvalue weighted by atomic mass is 32.2. The van der Waals surface area contributed by atoms with Crippen LogP contribution in [-0.4, -0.2) is 46.8 Å². The van der Waals surface area contributed by atoms with Crippen LogP contribution in [0.25, 0.3) is 0 Å². The van der Waals surface area contributed by atoms with Gasteiger partial charge in [-0.05, 0) is 24.2 Å². The minimum Gasteiger partial charge on any atom is -0.368 e. The van der Waals surface area contributed by atoms with E-state index < -0.39 is 0 Å². The van der Waals surface area contributed by atoms with Crippen molar-refractivity contribution in [3.8, 4) is 0 Å². The molecule has 126 valence electrons. The van der Waals surface area contributed by atoms with Gasteiger partial charge in [-0.25, -0.2) is 4.98 Å². The molecule has 0 bridgehead atoms. The fourth-order valence-corrected chi connectivity index (χ4v) is 4.52. The summed E-state index contributed by atoms with van der Waals surface area (Å²) in [6, 6.07) is 10.7. The van der Waals surface area contributed by atoms with Crippen LogP contribution in [0.3, 0.4) is 0 Å². The van der Waals surface area contributed by atoms with E-state index in [9.17, 15) is 0 Å². The zero-order valence-corrected chi connectivity index (χ0v) is 14.6. The second-order valence-electron chi connectivity index (χ2n) is 6.38. The van der Waals surface area contributed by atoms with Gasteiger partial charge < -0.3 is 10.6 Å². The van der Waals surface area contributed by atoms with Crippen molar-refractivity contribution in [2.75, 3.05) is 42.6 Å². The Kier molecular flexibility index (Phi) is 4.58. The molecule has 1 saturated heterocycles. The third kappa shape index (κ3) is 3.35. The standard InChI is InChI=1S/C18H23N5S/c19-18-20-15-7-4-12-24-16(15)17(21-18)23-10-8-22(9-11-23)13-14-5-2-1-3-6-14/h1-3,5-6H,4,7-13H2,(H2,19,20,21). The van der Waals surface area contributed by atoms with Crippen LogP contribution in [0.15, 0.2) is 35.2 Å². The zero-order chi connectivity index (χ0) is 16.4. The summed E-state index contributed by atoms with van der Waals surface area (Å²) < 4.78 is 0. The van der Waals surface area contributed by atoms with Crippen LogP contribution in [0.2, 0.25) is 0 Å². The van der Waals surface area contributed by atoms with Crippen molar-refractivity contribution < 1.29 is 0 Å². The second kappa shape index (κ2) is 6.99. The first-order valence-electron chi connectivity index (χ1n) is 8.60. The highest BCUT2D eigenvalue weighted by molar-refractivity contribution is 7.99. The van der Waals surface area contributed by atoms with E-state index in [0.717, 1.165) is 56.4 Å². The first-order chi connectivity index (χ1) is 11.8. The number of hydrogen-bond donors (Lipinski definition) is 1. The van der Waals surface area contributed by atoms with Crippen LogP contribution in [0, 0.1) is 0 Å². The minimum absolute atomic E-state index is 0.415. The molecule has 0 spiro atoms. The third-order valence-electron chi connectivity index (χ3n) is 4.66. The predicted octanol–water partition coefficient (Wildman–Crippen LogP) is 2.42. The van der Waals surface area contributed by atoms with Gasteiger partial charge >= 0.3 is 0 Å². The molecule has 0 saturated carbocycles. The average Bonchev–Trinajstić information content (AvgIpc) is 2.62. The molecule has 5 nitrogen and oxygen atoms in total. The van der Waals surface area contributed by atoms with Gasteiger partial charge in [-0.1, -0.05) is 30.3 Å². The van der Waals surface area contributed by atoms with Gasteiger partial charge in [0.1, 0.15) is 5.82 Å². The fourth-order valence-electron chi connectivity index (χ4n) is 3.41. The second-order valence-corrected chi connectivity index (χ2v) is 7.49. The molecule has 2 aromatic rings. The first kappa shape index (κ1) is 15.7. The van der Waals surface area contributed by atoms with Gasteiger partial charge in [-0.3, -0.25) is 4.90 Å². The number of aromatic nitrogens is 2. The highest BCUT2D eigenvalue weighted by Gasteiger charge is 2.25.